The van der Waals surface area contributed by atoms with Crippen LogP contribution in [0.3, 0.4) is 0 Å². The number of hydrogen-bond acceptors (Lipinski definition) is 5. The summed E-state index contributed by atoms with van der Waals surface area (Å²) in [5.74, 6) is 0.232. The first kappa shape index (κ1) is 17.2. The summed E-state index contributed by atoms with van der Waals surface area (Å²) in [6.07, 6.45) is 6.85. The molecule has 0 saturated carbocycles. The summed E-state index contributed by atoms with van der Waals surface area (Å²) in [4.78, 5) is 31.9. The largest absolute Gasteiger partial charge is 0.490 e. The van der Waals surface area contributed by atoms with E-state index in [4.69, 9.17) is 4.74 Å². The maximum Gasteiger partial charge on any atom is 0.258 e. The number of carbonyl (C=O) groups excluding carboxylic acids is 2. The monoisotopic (exact) mass is 342 g/mol. The fourth-order valence-electron chi connectivity index (χ4n) is 2.91. The Morgan fingerprint density at radius 2 is 2.28 bits per heavy atom. The van der Waals surface area contributed by atoms with Crippen LogP contribution in [0.25, 0.3) is 0 Å². The fraction of sp³-hybridized carbons (Fsp3) is 0.389. The van der Waals surface area contributed by atoms with Crippen LogP contribution >= 0.6 is 0 Å². The third-order valence-corrected chi connectivity index (χ3v) is 4.13. The molecular formula is C18H22N4O3. The third kappa shape index (κ3) is 3.88. The van der Waals surface area contributed by atoms with E-state index in [-0.39, 0.29) is 11.7 Å². The van der Waals surface area contributed by atoms with Gasteiger partial charge in [0.1, 0.15) is 18.0 Å². The standard InChI is InChI=1S/C18H22N4O3/c1-2-19-8-9-25-16-6-7-20-11-14(16)22-18(24)12-10-21-13-4-3-5-15(23)17(12)13/h6-7,10-11,19,21H,2-5,8-9H2,1H3,(H,22,24). The topological polar surface area (TPSA) is 96.1 Å². The number of pyridine rings is 1. The molecule has 1 aliphatic rings. The summed E-state index contributed by atoms with van der Waals surface area (Å²) < 4.78 is 5.70. The van der Waals surface area contributed by atoms with Gasteiger partial charge in [-0.05, 0) is 19.4 Å². The highest BCUT2D eigenvalue weighted by molar-refractivity contribution is 6.13. The molecular weight excluding hydrogens is 320 g/mol. The van der Waals surface area contributed by atoms with Gasteiger partial charge in [0.15, 0.2) is 5.78 Å². The Labute approximate surface area is 146 Å². The number of ketones is 1. The maximum atomic E-state index is 12.6. The van der Waals surface area contributed by atoms with Gasteiger partial charge in [0.05, 0.1) is 17.3 Å². The van der Waals surface area contributed by atoms with Crippen molar-refractivity contribution in [2.75, 3.05) is 25.0 Å². The summed E-state index contributed by atoms with van der Waals surface area (Å²) in [5.41, 5.74) is 2.22. The molecule has 0 fully saturated rings. The molecule has 1 aliphatic carbocycles. The van der Waals surface area contributed by atoms with E-state index in [1.54, 1.807) is 24.7 Å². The lowest BCUT2D eigenvalue weighted by atomic mass is 9.93. The molecule has 7 nitrogen and oxygen atoms in total. The molecule has 0 atom stereocenters. The Kier molecular flexibility index (Phi) is 5.45. The number of rotatable bonds is 7. The van der Waals surface area contributed by atoms with E-state index < -0.39 is 0 Å². The second-order valence-corrected chi connectivity index (χ2v) is 5.86. The van der Waals surface area contributed by atoms with Crippen LogP contribution in [0, 0.1) is 0 Å². The van der Waals surface area contributed by atoms with Gasteiger partial charge in [0, 0.05) is 37.1 Å². The lowest BCUT2D eigenvalue weighted by Gasteiger charge is -2.14. The predicted molar refractivity (Wildman–Crippen MR) is 94.3 cm³/mol. The van der Waals surface area contributed by atoms with Crippen LogP contribution in [0.5, 0.6) is 5.75 Å². The number of anilines is 1. The van der Waals surface area contributed by atoms with Gasteiger partial charge < -0.3 is 20.4 Å². The number of hydrogen-bond donors (Lipinski definition) is 3. The molecule has 7 heteroatoms. The average molecular weight is 342 g/mol. The number of aromatic amines is 1. The number of ether oxygens (including phenoxy) is 1. The van der Waals surface area contributed by atoms with Crippen LogP contribution in [0.15, 0.2) is 24.7 Å². The molecule has 3 N–H and O–H groups in total. The van der Waals surface area contributed by atoms with Crippen LogP contribution in [0.4, 0.5) is 5.69 Å². The van der Waals surface area contributed by atoms with Crippen LogP contribution in [0.2, 0.25) is 0 Å². The Morgan fingerprint density at radius 1 is 1.40 bits per heavy atom. The second kappa shape index (κ2) is 7.94. The Hall–Kier alpha value is -2.67. The minimum Gasteiger partial charge on any atom is -0.490 e. The Morgan fingerprint density at radius 3 is 3.12 bits per heavy atom. The van der Waals surface area contributed by atoms with Crippen LogP contribution in [0.1, 0.15) is 46.2 Å². The molecule has 3 rings (SSSR count). The molecule has 2 aromatic heterocycles. The summed E-state index contributed by atoms with van der Waals surface area (Å²) in [6.45, 7) is 4.09. The van der Waals surface area contributed by atoms with Gasteiger partial charge in [0.2, 0.25) is 0 Å². The van der Waals surface area contributed by atoms with E-state index in [2.05, 4.69) is 20.6 Å². The van der Waals surface area contributed by atoms with E-state index in [0.29, 0.717) is 42.1 Å². The number of fused-ring (bicyclic) bond motifs is 1. The van der Waals surface area contributed by atoms with Crippen molar-refractivity contribution in [1.29, 1.82) is 0 Å². The zero-order chi connectivity index (χ0) is 17.6. The molecule has 132 valence electrons. The molecule has 0 unspecified atom stereocenters. The second-order valence-electron chi connectivity index (χ2n) is 5.86. The van der Waals surface area contributed by atoms with E-state index in [1.807, 2.05) is 6.92 Å². The third-order valence-electron chi connectivity index (χ3n) is 4.13. The number of amides is 1. The van der Waals surface area contributed by atoms with Crippen molar-refractivity contribution in [3.63, 3.8) is 0 Å². The van der Waals surface area contributed by atoms with E-state index in [1.165, 1.54) is 0 Å². The zero-order valence-corrected chi connectivity index (χ0v) is 14.2. The van der Waals surface area contributed by atoms with Gasteiger partial charge in [-0.1, -0.05) is 6.92 Å². The molecule has 0 saturated heterocycles. The first-order chi connectivity index (χ1) is 12.2. The molecule has 25 heavy (non-hydrogen) atoms. The lowest BCUT2D eigenvalue weighted by Crippen LogP contribution is -2.21. The van der Waals surface area contributed by atoms with Gasteiger partial charge in [-0.15, -0.1) is 0 Å². The molecule has 2 heterocycles. The number of likely N-dealkylation sites (N-methyl/N-ethyl adjacent to an activating group) is 1. The normalized spacial score (nSPS) is 13.4. The van der Waals surface area contributed by atoms with Crippen molar-refractivity contribution < 1.29 is 14.3 Å². The molecule has 0 bridgehead atoms. The molecule has 0 aliphatic heterocycles. The summed E-state index contributed by atoms with van der Waals surface area (Å²) in [7, 11) is 0. The number of Topliss-reactive ketones (excluding diaryl/α,β-unsaturated/α-hetero) is 1. The average Bonchev–Trinajstić information content (AvgIpc) is 3.06. The van der Waals surface area contributed by atoms with Gasteiger partial charge in [-0.3, -0.25) is 14.6 Å². The molecule has 1 amide bonds. The molecule has 0 aromatic carbocycles. The number of carbonyl (C=O) groups is 2. The molecule has 0 radical (unpaired) electrons. The fourth-order valence-corrected chi connectivity index (χ4v) is 2.91. The molecule has 0 spiro atoms. The van der Waals surface area contributed by atoms with Crippen molar-refractivity contribution in [3.8, 4) is 5.75 Å². The quantitative estimate of drug-likeness (QED) is 0.670. The van der Waals surface area contributed by atoms with Crippen LogP contribution in [-0.2, 0) is 6.42 Å². The lowest BCUT2D eigenvalue weighted by molar-refractivity contribution is 0.0956. The SMILES string of the molecule is CCNCCOc1ccncc1NC(=O)c1c[nH]c2c1C(=O)CCC2. The number of aryl methyl sites for hydroxylation is 1. The van der Waals surface area contributed by atoms with Gasteiger partial charge in [0.25, 0.3) is 5.91 Å². The van der Waals surface area contributed by atoms with Gasteiger partial charge >= 0.3 is 0 Å². The maximum absolute atomic E-state index is 12.6. The van der Waals surface area contributed by atoms with Crippen molar-refractivity contribution in [3.05, 3.63) is 41.5 Å². The van der Waals surface area contributed by atoms with Crippen molar-refractivity contribution in [2.24, 2.45) is 0 Å². The molecule has 2 aromatic rings. The van der Waals surface area contributed by atoms with Crippen molar-refractivity contribution in [1.82, 2.24) is 15.3 Å². The number of aromatic nitrogens is 2. The first-order valence-corrected chi connectivity index (χ1v) is 8.53. The summed E-state index contributed by atoms with van der Waals surface area (Å²) >= 11 is 0. The predicted octanol–water partition coefficient (Wildman–Crippen LogP) is 2.17. The first-order valence-electron chi connectivity index (χ1n) is 8.53. The van der Waals surface area contributed by atoms with E-state index in [0.717, 1.165) is 25.1 Å². The van der Waals surface area contributed by atoms with E-state index >= 15 is 0 Å². The Balaban J connectivity index is 1.74. The van der Waals surface area contributed by atoms with E-state index in [9.17, 15) is 9.59 Å². The smallest absolute Gasteiger partial charge is 0.258 e. The van der Waals surface area contributed by atoms with Crippen molar-refractivity contribution >= 4 is 17.4 Å². The number of nitrogens with zero attached hydrogens (tertiary/aromatic N) is 1. The summed E-state index contributed by atoms with van der Waals surface area (Å²) in [5, 5.41) is 5.98. The highest BCUT2D eigenvalue weighted by atomic mass is 16.5. The number of H-pyrrole nitrogens is 1. The highest BCUT2D eigenvalue weighted by Gasteiger charge is 2.26. The Bertz CT molecular complexity index is 769. The minimum absolute atomic E-state index is 0.0148. The van der Waals surface area contributed by atoms with Gasteiger partial charge in [-0.2, -0.15) is 0 Å². The minimum atomic E-state index is -0.336. The highest BCUT2D eigenvalue weighted by Crippen LogP contribution is 2.27. The van der Waals surface area contributed by atoms with Crippen molar-refractivity contribution in [2.45, 2.75) is 26.2 Å². The van der Waals surface area contributed by atoms with Crippen LogP contribution in [-0.4, -0.2) is 41.4 Å². The zero-order valence-electron chi connectivity index (χ0n) is 14.2. The van der Waals surface area contributed by atoms with Gasteiger partial charge in [-0.25, -0.2) is 0 Å². The van der Waals surface area contributed by atoms with Crippen LogP contribution < -0.4 is 15.4 Å². The number of nitrogens with one attached hydrogen (secondary N) is 3. The summed E-state index contributed by atoms with van der Waals surface area (Å²) in [6, 6.07) is 1.71.